The van der Waals surface area contributed by atoms with Gasteiger partial charge >= 0.3 is 0 Å². The van der Waals surface area contributed by atoms with Crippen LogP contribution in [0.2, 0.25) is 0 Å². The van der Waals surface area contributed by atoms with Gasteiger partial charge in [-0.05, 0) is 45.7 Å². The molecule has 1 heterocycles. The van der Waals surface area contributed by atoms with E-state index in [4.69, 9.17) is 5.73 Å². The van der Waals surface area contributed by atoms with Crippen LogP contribution >= 0.6 is 0 Å². The highest BCUT2D eigenvalue weighted by atomic mass is 16.2. The van der Waals surface area contributed by atoms with Crippen LogP contribution in [0.4, 0.5) is 0 Å². The van der Waals surface area contributed by atoms with Gasteiger partial charge in [-0.15, -0.1) is 0 Å². The van der Waals surface area contributed by atoms with Crippen LogP contribution in [0.5, 0.6) is 0 Å². The predicted molar refractivity (Wildman–Crippen MR) is 80.0 cm³/mol. The Morgan fingerprint density at radius 1 is 1.55 bits per heavy atom. The molecule has 4 nitrogen and oxygen atoms in total. The topological polar surface area (TPSA) is 59.2 Å². The molecule has 110 valence electrons. The summed E-state index contributed by atoms with van der Waals surface area (Å²) in [5.41, 5.74) is 7.68. The number of carbonyl (C=O) groups is 1. The number of hydrogen-bond acceptors (Lipinski definition) is 3. The van der Waals surface area contributed by atoms with Crippen molar-refractivity contribution >= 4 is 5.91 Å². The number of carbonyl (C=O) groups excluding carboxylic acids is 1. The summed E-state index contributed by atoms with van der Waals surface area (Å²) in [6.45, 7) is 7.25. The summed E-state index contributed by atoms with van der Waals surface area (Å²) in [5, 5.41) is 0. The summed E-state index contributed by atoms with van der Waals surface area (Å²) in [6.07, 6.45) is 2.89. The lowest BCUT2D eigenvalue weighted by molar-refractivity contribution is -0.142. The lowest BCUT2D eigenvalue weighted by Gasteiger charge is -2.34. The van der Waals surface area contributed by atoms with Crippen molar-refractivity contribution in [3.05, 3.63) is 29.6 Å². The van der Waals surface area contributed by atoms with E-state index < -0.39 is 5.41 Å². The van der Waals surface area contributed by atoms with Gasteiger partial charge in [0, 0.05) is 18.3 Å². The highest BCUT2D eigenvalue weighted by molar-refractivity contribution is 5.83. The van der Waals surface area contributed by atoms with E-state index in [0.717, 1.165) is 30.7 Å². The summed E-state index contributed by atoms with van der Waals surface area (Å²) in [4.78, 5) is 19.2. The smallest absolute Gasteiger partial charge is 0.230 e. The number of rotatable bonds is 4. The van der Waals surface area contributed by atoms with E-state index >= 15 is 0 Å². The number of pyridine rings is 1. The van der Waals surface area contributed by atoms with Crippen LogP contribution in [0.15, 0.2) is 18.2 Å². The third-order valence-corrected chi connectivity index (χ3v) is 4.49. The van der Waals surface area contributed by atoms with Crippen LogP contribution in [0, 0.1) is 12.3 Å². The summed E-state index contributed by atoms with van der Waals surface area (Å²) >= 11 is 0. The fraction of sp³-hybridized carbons (Fsp3) is 0.625. The van der Waals surface area contributed by atoms with Gasteiger partial charge in [0.2, 0.25) is 5.91 Å². The zero-order valence-electron chi connectivity index (χ0n) is 12.7. The molecule has 2 rings (SSSR count). The van der Waals surface area contributed by atoms with E-state index in [2.05, 4.69) is 4.98 Å². The molecule has 2 atom stereocenters. The van der Waals surface area contributed by atoms with Gasteiger partial charge in [-0.2, -0.15) is 0 Å². The molecule has 2 unspecified atom stereocenters. The minimum Gasteiger partial charge on any atom is -0.337 e. The molecule has 0 spiro atoms. The number of nitrogens with two attached hydrogens (primary N) is 1. The Morgan fingerprint density at radius 2 is 2.30 bits per heavy atom. The standard InChI is InChI=1S/C16H25N3O/c1-4-19(11-13-8-5-7-12(2)18-13)15(20)16(3)10-6-9-14(16)17/h5,7-8,14H,4,6,9-11,17H2,1-3H3. The summed E-state index contributed by atoms with van der Waals surface area (Å²) in [6, 6.07) is 5.91. The lowest BCUT2D eigenvalue weighted by Crippen LogP contribution is -2.49. The maximum atomic E-state index is 12.8. The second-order valence-electron chi connectivity index (χ2n) is 6.01. The molecular formula is C16H25N3O. The van der Waals surface area contributed by atoms with Crippen LogP contribution in [-0.2, 0) is 11.3 Å². The Kier molecular flexibility index (Phi) is 4.43. The van der Waals surface area contributed by atoms with Gasteiger partial charge < -0.3 is 10.6 Å². The van der Waals surface area contributed by atoms with E-state index in [9.17, 15) is 4.79 Å². The van der Waals surface area contributed by atoms with Gasteiger partial charge in [-0.1, -0.05) is 12.5 Å². The van der Waals surface area contributed by atoms with Crippen LogP contribution in [0.25, 0.3) is 0 Å². The van der Waals surface area contributed by atoms with Crippen LogP contribution in [-0.4, -0.2) is 28.4 Å². The Bertz CT molecular complexity index is 488. The first-order valence-corrected chi connectivity index (χ1v) is 7.45. The molecule has 0 saturated heterocycles. The highest BCUT2D eigenvalue weighted by Crippen LogP contribution is 2.38. The first kappa shape index (κ1) is 15.0. The molecule has 4 heteroatoms. The van der Waals surface area contributed by atoms with Gasteiger partial charge in [0.1, 0.15) is 0 Å². The molecular weight excluding hydrogens is 250 g/mol. The number of nitrogens with zero attached hydrogens (tertiary/aromatic N) is 2. The summed E-state index contributed by atoms with van der Waals surface area (Å²) < 4.78 is 0. The zero-order valence-corrected chi connectivity index (χ0v) is 12.7. The van der Waals surface area contributed by atoms with Crippen molar-refractivity contribution in [2.24, 2.45) is 11.1 Å². The van der Waals surface area contributed by atoms with Gasteiger partial charge in [-0.3, -0.25) is 9.78 Å². The predicted octanol–water partition coefficient (Wildman–Crippen LogP) is 2.26. The van der Waals surface area contributed by atoms with Gasteiger partial charge in [0.25, 0.3) is 0 Å². The van der Waals surface area contributed by atoms with E-state index in [1.807, 2.05) is 43.9 Å². The quantitative estimate of drug-likeness (QED) is 0.917. The van der Waals surface area contributed by atoms with Crippen molar-refractivity contribution in [1.82, 2.24) is 9.88 Å². The molecule has 1 saturated carbocycles. The van der Waals surface area contributed by atoms with Crippen LogP contribution in [0.1, 0.15) is 44.5 Å². The molecule has 0 radical (unpaired) electrons. The molecule has 1 aliphatic carbocycles. The second kappa shape index (κ2) is 5.92. The molecule has 1 amide bonds. The molecule has 0 aliphatic heterocycles. The minimum absolute atomic E-state index is 0.0190. The maximum absolute atomic E-state index is 12.8. The zero-order chi connectivity index (χ0) is 14.8. The molecule has 2 N–H and O–H groups in total. The number of hydrogen-bond donors (Lipinski definition) is 1. The number of amides is 1. The summed E-state index contributed by atoms with van der Waals surface area (Å²) in [7, 11) is 0. The van der Waals surface area contributed by atoms with Gasteiger partial charge in [-0.25, -0.2) is 0 Å². The van der Waals surface area contributed by atoms with Crippen molar-refractivity contribution in [2.45, 2.75) is 52.6 Å². The average Bonchev–Trinajstić information content (AvgIpc) is 2.76. The van der Waals surface area contributed by atoms with E-state index in [0.29, 0.717) is 13.1 Å². The Labute approximate surface area is 121 Å². The van der Waals surface area contributed by atoms with Crippen molar-refractivity contribution in [1.29, 1.82) is 0 Å². The molecule has 0 bridgehead atoms. The molecule has 1 fully saturated rings. The third kappa shape index (κ3) is 2.85. The highest BCUT2D eigenvalue weighted by Gasteiger charge is 2.44. The maximum Gasteiger partial charge on any atom is 0.230 e. The second-order valence-corrected chi connectivity index (χ2v) is 6.01. The van der Waals surface area contributed by atoms with Crippen molar-refractivity contribution in [2.75, 3.05) is 6.54 Å². The summed E-state index contributed by atoms with van der Waals surface area (Å²) in [5.74, 6) is 0.174. The van der Waals surface area contributed by atoms with E-state index in [1.54, 1.807) is 0 Å². The first-order valence-electron chi connectivity index (χ1n) is 7.45. The molecule has 1 aromatic rings. The molecule has 1 aliphatic rings. The third-order valence-electron chi connectivity index (χ3n) is 4.49. The SMILES string of the molecule is CCN(Cc1cccc(C)n1)C(=O)C1(C)CCCC1N. The van der Waals surface area contributed by atoms with Gasteiger partial charge in [0.05, 0.1) is 17.7 Å². The first-order chi connectivity index (χ1) is 9.47. The minimum atomic E-state index is -0.403. The van der Waals surface area contributed by atoms with E-state index in [1.165, 1.54) is 0 Å². The van der Waals surface area contributed by atoms with Crippen molar-refractivity contribution in [3.8, 4) is 0 Å². The van der Waals surface area contributed by atoms with Crippen molar-refractivity contribution in [3.63, 3.8) is 0 Å². The normalized spacial score (nSPS) is 25.7. The largest absolute Gasteiger partial charge is 0.337 e. The Balaban J connectivity index is 2.14. The fourth-order valence-corrected chi connectivity index (χ4v) is 3.03. The Hall–Kier alpha value is -1.42. The lowest BCUT2D eigenvalue weighted by atomic mass is 9.83. The Morgan fingerprint density at radius 3 is 2.85 bits per heavy atom. The van der Waals surface area contributed by atoms with Crippen molar-refractivity contribution < 1.29 is 4.79 Å². The molecule has 0 aromatic carbocycles. The average molecular weight is 275 g/mol. The number of aryl methyl sites for hydroxylation is 1. The van der Waals surface area contributed by atoms with Crippen LogP contribution < -0.4 is 5.73 Å². The van der Waals surface area contributed by atoms with Gasteiger partial charge in [0.15, 0.2) is 0 Å². The number of aromatic nitrogens is 1. The van der Waals surface area contributed by atoms with Crippen LogP contribution in [0.3, 0.4) is 0 Å². The molecule has 1 aromatic heterocycles. The molecule has 20 heavy (non-hydrogen) atoms. The van der Waals surface area contributed by atoms with E-state index in [-0.39, 0.29) is 11.9 Å². The fourth-order valence-electron chi connectivity index (χ4n) is 3.03. The monoisotopic (exact) mass is 275 g/mol.